The van der Waals surface area contributed by atoms with Crippen molar-refractivity contribution in [2.75, 3.05) is 17.1 Å². The second-order valence-corrected chi connectivity index (χ2v) is 9.56. The van der Waals surface area contributed by atoms with Gasteiger partial charge in [-0.1, -0.05) is 35.1 Å². The monoisotopic (exact) mass is 473 g/mol. The zero-order valence-corrected chi connectivity index (χ0v) is 18.5. The van der Waals surface area contributed by atoms with Gasteiger partial charge >= 0.3 is 0 Å². The number of methoxy groups -OCH3 is 1. The molecule has 10 heteroatoms. The number of hydrogen-bond acceptors (Lipinski definition) is 6. The first-order valence-electron chi connectivity index (χ1n) is 8.99. The molecule has 0 aliphatic rings. The number of rotatable bonds is 6. The maximum Gasteiger partial charge on any atom is 0.261 e. The molecule has 4 rings (SSSR count). The Hall–Kier alpha value is -3.14. The van der Waals surface area contributed by atoms with Gasteiger partial charge in [0.15, 0.2) is 5.13 Å². The Labute approximate surface area is 187 Å². The molecule has 0 radical (unpaired) electrons. The molecule has 7 nitrogen and oxygen atoms in total. The highest BCUT2D eigenvalue weighted by Gasteiger charge is 2.19. The van der Waals surface area contributed by atoms with E-state index in [1.165, 1.54) is 47.7 Å². The number of thiazole rings is 1. The lowest BCUT2D eigenvalue weighted by Gasteiger charge is -2.12. The molecule has 0 aliphatic carbocycles. The van der Waals surface area contributed by atoms with Gasteiger partial charge in [0.25, 0.3) is 15.9 Å². The number of fused-ring (bicyclic) bond motifs is 1. The van der Waals surface area contributed by atoms with Gasteiger partial charge in [-0.05, 0) is 54.6 Å². The van der Waals surface area contributed by atoms with Crippen LogP contribution >= 0.6 is 22.9 Å². The number of aromatic nitrogens is 1. The Bertz CT molecular complexity index is 1370. The summed E-state index contributed by atoms with van der Waals surface area (Å²) in [6.07, 6.45) is 0. The number of para-hydroxylation sites is 1. The molecule has 4 aromatic rings. The van der Waals surface area contributed by atoms with Crippen molar-refractivity contribution in [3.8, 4) is 5.75 Å². The van der Waals surface area contributed by atoms with Crippen LogP contribution < -0.4 is 14.8 Å². The van der Waals surface area contributed by atoms with Crippen LogP contribution in [-0.4, -0.2) is 26.4 Å². The molecular formula is C21H16ClN3O4S2. The highest BCUT2D eigenvalue weighted by atomic mass is 35.5. The molecule has 3 aromatic carbocycles. The van der Waals surface area contributed by atoms with Gasteiger partial charge in [0.2, 0.25) is 0 Å². The lowest BCUT2D eigenvalue weighted by Crippen LogP contribution is -2.18. The molecule has 2 N–H and O–H groups in total. The van der Waals surface area contributed by atoms with Crippen molar-refractivity contribution < 1.29 is 17.9 Å². The summed E-state index contributed by atoms with van der Waals surface area (Å²) < 4.78 is 34.0. The third kappa shape index (κ3) is 4.63. The summed E-state index contributed by atoms with van der Waals surface area (Å²) in [5, 5.41) is 3.55. The number of halogens is 1. The third-order valence-corrected chi connectivity index (χ3v) is 6.92. The molecule has 0 atom stereocenters. The maximum atomic E-state index is 12.9. The Balaban J connectivity index is 1.59. The summed E-state index contributed by atoms with van der Waals surface area (Å²) in [4.78, 5) is 17.3. The van der Waals surface area contributed by atoms with Crippen LogP contribution in [-0.2, 0) is 10.0 Å². The molecular weight excluding hydrogens is 458 g/mol. The number of anilines is 2. The molecule has 0 spiro atoms. The lowest BCUT2D eigenvalue weighted by atomic mass is 10.2. The van der Waals surface area contributed by atoms with E-state index in [9.17, 15) is 13.2 Å². The number of benzene rings is 3. The minimum Gasteiger partial charge on any atom is -0.497 e. The van der Waals surface area contributed by atoms with Gasteiger partial charge in [-0.15, -0.1) is 0 Å². The number of carbonyl (C=O) groups excluding carboxylic acids is 1. The summed E-state index contributed by atoms with van der Waals surface area (Å²) in [7, 11) is -2.33. The molecule has 0 bridgehead atoms. The molecule has 1 amide bonds. The molecule has 1 heterocycles. The van der Waals surface area contributed by atoms with Crippen LogP contribution in [0.25, 0.3) is 10.2 Å². The first-order chi connectivity index (χ1) is 14.9. The fraction of sp³-hybridized carbons (Fsp3) is 0.0476. The van der Waals surface area contributed by atoms with E-state index in [0.29, 0.717) is 15.9 Å². The fourth-order valence-corrected chi connectivity index (χ4v) is 4.93. The second-order valence-electron chi connectivity index (χ2n) is 6.41. The van der Waals surface area contributed by atoms with Crippen molar-refractivity contribution in [1.29, 1.82) is 0 Å². The number of nitrogens with zero attached hydrogens (tertiary/aromatic N) is 1. The lowest BCUT2D eigenvalue weighted by molar-refractivity contribution is 0.102. The average molecular weight is 474 g/mol. The zero-order chi connectivity index (χ0) is 22.0. The molecule has 0 unspecified atom stereocenters. The summed E-state index contributed by atoms with van der Waals surface area (Å²) in [6, 6.07) is 17.5. The number of carbonyl (C=O) groups is 1. The topological polar surface area (TPSA) is 97.4 Å². The summed E-state index contributed by atoms with van der Waals surface area (Å²) in [5.74, 6) is 0.205. The van der Waals surface area contributed by atoms with Crippen molar-refractivity contribution in [3.05, 3.63) is 77.3 Å². The van der Waals surface area contributed by atoms with E-state index in [0.717, 1.165) is 10.2 Å². The number of hydrogen-bond donors (Lipinski definition) is 2. The maximum absolute atomic E-state index is 12.9. The average Bonchev–Trinajstić information content (AvgIpc) is 3.15. The van der Waals surface area contributed by atoms with Crippen LogP contribution in [0.5, 0.6) is 5.75 Å². The van der Waals surface area contributed by atoms with E-state index >= 15 is 0 Å². The van der Waals surface area contributed by atoms with Crippen LogP contribution in [0, 0.1) is 0 Å². The van der Waals surface area contributed by atoms with E-state index in [1.807, 2.05) is 6.07 Å². The van der Waals surface area contributed by atoms with Crippen LogP contribution in [0.1, 0.15) is 10.4 Å². The van der Waals surface area contributed by atoms with Crippen molar-refractivity contribution in [3.63, 3.8) is 0 Å². The van der Waals surface area contributed by atoms with Crippen LogP contribution in [0.3, 0.4) is 0 Å². The van der Waals surface area contributed by atoms with Crippen molar-refractivity contribution in [1.82, 2.24) is 4.98 Å². The molecule has 158 valence electrons. The minimum atomic E-state index is -3.90. The largest absolute Gasteiger partial charge is 0.497 e. The van der Waals surface area contributed by atoms with Crippen molar-refractivity contribution in [2.45, 2.75) is 4.90 Å². The van der Waals surface area contributed by atoms with E-state index in [4.69, 9.17) is 16.3 Å². The molecule has 0 fully saturated rings. The van der Waals surface area contributed by atoms with Crippen molar-refractivity contribution in [2.24, 2.45) is 0 Å². The summed E-state index contributed by atoms with van der Waals surface area (Å²) in [6.45, 7) is 0. The molecule has 0 aliphatic heterocycles. The second kappa shape index (κ2) is 8.54. The van der Waals surface area contributed by atoms with Gasteiger partial charge < -0.3 is 4.74 Å². The predicted octanol–water partition coefficient (Wildman–Crippen LogP) is 5.01. The number of sulfonamides is 1. The molecule has 1 aromatic heterocycles. The SMILES string of the molecule is COc1ccc2nc(NC(=O)c3ccccc3NS(=O)(=O)c3ccc(Cl)cc3)sc2c1. The number of ether oxygens (including phenoxy) is 1. The predicted molar refractivity (Wildman–Crippen MR) is 123 cm³/mol. The highest BCUT2D eigenvalue weighted by molar-refractivity contribution is 7.92. The Morgan fingerprint density at radius 1 is 1.06 bits per heavy atom. The van der Waals surface area contributed by atoms with Gasteiger partial charge in [-0.3, -0.25) is 14.8 Å². The van der Waals surface area contributed by atoms with E-state index in [-0.39, 0.29) is 16.1 Å². The normalized spacial score (nSPS) is 11.3. The number of nitrogens with one attached hydrogen (secondary N) is 2. The first-order valence-corrected chi connectivity index (χ1v) is 11.7. The Morgan fingerprint density at radius 2 is 1.81 bits per heavy atom. The Morgan fingerprint density at radius 3 is 2.55 bits per heavy atom. The summed E-state index contributed by atoms with van der Waals surface area (Å²) >= 11 is 7.12. The van der Waals surface area contributed by atoms with Crippen LogP contribution in [0.2, 0.25) is 5.02 Å². The first kappa shape index (κ1) is 21.1. The minimum absolute atomic E-state index is 0.0345. The van der Waals surface area contributed by atoms with Gasteiger partial charge in [-0.2, -0.15) is 0 Å². The zero-order valence-electron chi connectivity index (χ0n) is 16.1. The molecule has 0 saturated carbocycles. The van der Waals surface area contributed by atoms with Gasteiger partial charge in [0.1, 0.15) is 5.75 Å². The fourth-order valence-electron chi connectivity index (χ4n) is 2.84. The highest BCUT2D eigenvalue weighted by Crippen LogP contribution is 2.30. The van der Waals surface area contributed by atoms with Crippen molar-refractivity contribution >= 4 is 59.9 Å². The van der Waals surface area contributed by atoms with E-state index < -0.39 is 15.9 Å². The van der Waals surface area contributed by atoms with E-state index in [2.05, 4.69) is 15.0 Å². The van der Waals surface area contributed by atoms with E-state index in [1.54, 1.807) is 31.4 Å². The Kier molecular flexibility index (Phi) is 5.81. The number of amides is 1. The standard InChI is InChI=1S/C21H16ClN3O4S2/c1-29-14-8-11-18-19(12-14)30-21(23-18)24-20(26)16-4-2-3-5-17(16)25-31(27,28)15-9-6-13(22)7-10-15/h2-12,25H,1H3,(H,23,24,26). The third-order valence-electron chi connectivity index (χ3n) is 4.36. The quantitative estimate of drug-likeness (QED) is 0.410. The summed E-state index contributed by atoms with van der Waals surface area (Å²) in [5.41, 5.74) is 1.03. The smallest absolute Gasteiger partial charge is 0.261 e. The molecule has 0 saturated heterocycles. The van der Waals surface area contributed by atoms with Gasteiger partial charge in [0, 0.05) is 5.02 Å². The van der Waals surface area contributed by atoms with Crippen LogP contribution in [0.15, 0.2) is 71.6 Å². The van der Waals surface area contributed by atoms with Gasteiger partial charge in [-0.25, -0.2) is 13.4 Å². The molecule has 31 heavy (non-hydrogen) atoms. The van der Waals surface area contributed by atoms with Crippen LogP contribution in [0.4, 0.5) is 10.8 Å². The van der Waals surface area contributed by atoms with Gasteiger partial charge in [0.05, 0.1) is 33.5 Å².